The zero-order chi connectivity index (χ0) is 37.2. The number of piperazine rings is 1. The van der Waals surface area contributed by atoms with E-state index in [1.54, 1.807) is 12.3 Å². The van der Waals surface area contributed by atoms with Crippen molar-refractivity contribution in [2.45, 2.75) is 32.9 Å². The van der Waals surface area contributed by atoms with Gasteiger partial charge in [0.15, 0.2) is 11.6 Å². The van der Waals surface area contributed by atoms with Crippen LogP contribution in [0.5, 0.6) is 11.5 Å². The van der Waals surface area contributed by atoms with Crippen LogP contribution in [0.4, 0.5) is 20.3 Å². The zero-order valence-electron chi connectivity index (χ0n) is 28.9. The molecule has 0 spiro atoms. The molecule has 2 aromatic carbocycles. The Morgan fingerprint density at radius 3 is 2.46 bits per heavy atom. The fourth-order valence-corrected chi connectivity index (χ4v) is 6.26. The van der Waals surface area contributed by atoms with Crippen molar-refractivity contribution in [2.75, 3.05) is 44.3 Å². The van der Waals surface area contributed by atoms with Crippen LogP contribution in [0.25, 0.3) is 5.69 Å². The molecule has 0 unspecified atom stereocenters. The Balaban J connectivity index is 1.26. The van der Waals surface area contributed by atoms with Crippen LogP contribution in [-0.2, 0) is 6.54 Å². The van der Waals surface area contributed by atoms with Crippen molar-refractivity contribution in [2.24, 2.45) is 0 Å². The van der Waals surface area contributed by atoms with E-state index < -0.39 is 39.9 Å². The van der Waals surface area contributed by atoms with E-state index in [0.29, 0.717) is 11.3 Å². The number of rotatable bonds is 8. The number of anilines is 2. The van der Waals surface area contributed by atoms with Crippen LogP contribution in [0.15, 0.2) is 75.9 Å². The first-order valence-corrected chi connectivity index (χ1v) is 17.2. The highest BCUT2D eigenvalue weighted by atomic mass is 32.1. The van der Waals surface area contributed by atoms with E-state index in [4.69, 9.17) is 10.5 Å². The number of ether oxygens (including phenoxy) is 1. The number of hydrogen-bond donors (Lipinski definition) is 2. The van der Waals surface area contributed by atoms with Crippen molar-refractivity contribution in [3.63, 3.8) is 0 Å². The van der Waals surface area contributed by atoms with Gasteiger partial charge in [0.2, 0.25) is 0 Å². The molecule has 15 heteroatoms. The number of carbonyl (C=O) groups is 1. The molecule has 6 rings (SSSR count). The van der Waals surface area contributed by atoms with Crippen LogP contribution in [0.2, 0.25) is 0 Å². The summed E-state index contributed by atoms with van der Waals surface area (Å²) in [5.41, 5.74) is 4.52. The van der Waals surface area contributed by atoms with Gasteiger partial charge in [0.05, 0.1) is 28.5 Å². The number of likely N-dealkylation sites (N-methyl/N-ethyl adjacent to an activating group) is 1. The summed E-state index contributed by atoms with van der Waals surface area (Å²) in [5, 5.41) is 5.05. The van der Waals surface area contributed by atoms with Crippen molar-refractivity contribution in [1.82, 2.24) is 28.9 Å². The van der Waals surface area contributed by atoms with Crippen molar-refractivity contribution in [3.8, 4) is 29.0 Å². The first-order valence-electron chi connectivity index (χ1n) is 16.3. The third kappa shape index (κ3) is 7.94. The lowest BCUT2D eigenvalue weighted by molar-refractivity contribution is 0.0946. The van der Waals surface area contributed by atoms with Crippen LogP contribution in [-0.4, -0.2) is 73.6 Å². The molecule has 3 N–H and O–H groups in total. The number of benzene rings is 2. The third-order valence-electron chi connectivity index (χ3n) is 8.62. The Morgan fingerprint density at radius 1 is 1.06 bits per heavy atom. The minimum atomic E-state index is -0.944. The van der Waals surface area contributed by atoms with E-state index in [2.05, 4.69) is 44.0 Å². The molecule has 0 bridgehead atoms. The Hall–Kier alpha value is -5.69. The smallest absolute Gasteiger partial charge is 0.336 e. The second kappa shape index (κ2) is 14.9. The molecular formula is C37H36F2N8O4S. The van der Waals surface area contributed by atoms with Gasteiger partial charge in [0.1, 0.15) is 28.5 Å². The first-order chi connectivity index (χ1) is 24.8. The Morgan fingerprint density at radius 2 is 1.79 bits per heavy atom. The Labute approximate surface area is 302 Å². The summed E-state index contributed by atoms with van der Waals surface area (Å²) in [6.45, 7) is 9.40. The SMILES string of the molecule is Cc1nc(Cn2cc(C(=O)Nc3ccc(Oc4ccnc(N)c4C#CC(C)(C)N4CCN(C)CC4)c(F)c3)c(=O)n(-c3ccc(F)cc3)c2=O)cs1. The molecule has 1 fully saturated rings. The number of aryl methyl sites for hydroxylation is 1. The quantitative estimate of drug-likeness (QED) is 0.222. The van der Waals surface area contributed by atoms with Crippen LogP contribution >= 0.6 is 11.3 Å². The average molecular weight is 727 g/mol. The molecule has 1 aliphatic heterocycles. The van der Waals surface area contributed by atoms with Gasteiger partial charge in [-0.25, -0.2) is 28.1 Å². The highest BCUT2D eigenvalue weighted by Gasteiger charge is 2.27. The number of aromatic nitrogens is 4. The van der Waals surface area contributed by atoms with Gasteiger partial charge in [-0.05, 0) is 64.2 Å². The summed E-state index contributed by atoms with van der Waals surface area (Å²) in [4.78, 5) is 53.6. The molecule has 4 heterocycles. The average Bonchev–Trinajstić information content (AvgIpc) is 3.52. The molecule has 268 valence electrons. The minimum absolute atomic E-state index is 0.0126. The first kappa shape index (κ1) is 36.1. The largest absolute Gasteiger partial charge is 0.453 e. The molecule has 0 saturated carbocycles. The Bertz CT molecular complexity index is 2320. The maximum Gasteiger partial charge on any atom is 0.336 e. The van der Waals surface area contributed by atoms with Crippen molar-refractivity contribution in [1.29, 1.82) is 0 Å². The molecule has 1 saturated heterocycles. The van der Waals surface area contributed by atoms with Gasteiger partial charge in [-0.3, -0.25) is 19.1 Å². The predicted molar refractivity (Wildman–Crippen MR) is 195 cm³/mol. The summed E-state index contributed by atoms with van der Waals surface area (Å²) in [6.07, 6.45) is 2.56. The number of amides is 1. The molecule has 1 amide bonds. The van der Waals surface area contributed by atoms with E-state index >= 15 is 4.39 Å². The number of pyridine rings is 1. The minimum Gasteiger partial charge on any atom is -0.453 e. The molecule has 12 nitrogen and oxygen atoms in total. The molecule has 5 aromatic rings. The molecule has 52 heavy (non-hydrogen) atoms. The number of nitrogen functional groups attached to an aromatic ring is 1. The second-order valence-electron chi connectivity index (χ2n) is 12.8. The van der Waals surface area contributed by atoms with Crippen LogP contribution in [0.1, 0.15) is 40.5 Å². The van der Waals surface area contributed by atoms with Gasteiger partial charge in [-0.15, -0.1) is 11.3 Å². The normalized spacial score (nSPS) is 13.7. The van der Waals surface area contributed by atoms with E-state index in [9.17, 15) is 18.8 Å². The number of thiazole rings is 1. The fraction of sp³-hybridized carbons (Fsp3) is 0.270. The Kier molecular flexibility index (Phi) is 10.3. The number of nitrogens with two attached hydrogens (primary N) is 1. The van der Waals surface area contributed by atoms with Crippen LogP contribution in [0, 0.1) is 30.4 Å². The van der Waals surface area contributed by atoms with E-state index in [0.717, 1.165) is 60.1 Å². The summed E-state index contributed by atoms with van der Waals surface area (Å²) in [5.74, 6) is 4.24. The van der Waals surface area contributed by atoms with Crippen LogP contribution < -0.4 is 27.0 Å². The molecule has 1 aliphatic rings. The van der Waals surface area contributed by atoms with E-state index in [1.165, 1.54) is 52.4 Å². The van der Waals surface area contributed by atoms with E-state index in [1.807, 2.05) is 13.8 Å². The molecular weight excluding hydrogens is 691 g/mol. The van der Waals surface area contributed by atoms with Crippen LogP contribution in [0.3, 0.4) is 0 Å². The molecule has 0 atom stereocenters. The second-order valence-corrected chi connectivity index (χ2v) is 13.9. The van der Waals surface area contributed by atoms with Gasteiger partial charge in [0.25, 0.3) is 11.5 Å². The zero-order valence-corrected chi connectivity index (χ0v) is 29.8. The maximum atomic E-state index is 15.5. The predicted octanol–water partition coefficient (Wildman–Crippen LogP) is 4.49. The third-order valence-corrected chi connectivity index (χ3v) is 9.45. The monoisotopic (exact) mass is 726 g/mol. The lowest BCUT2D eigenvalue weighted by atomic mass is 10.0. The standard InChI is InChI=1S/C37H36F2N8O4S/c1-23-42-26(22-52-23)20-45-21-29(35(49)47(36(45)50)27-8-5-24(38)6-9-27)34(48)43-25-7-10-32(30(39)19-25)51-31-12-14-41-33(40)28(31)11-13-37(2,3)46-17-15-44(4)16-18-46/h5-10,12,14,19,21-22H,15-18,20H2,1-4H3,(H2,40,41)(H,43,48). The fourth-order valence-electron chi connectivity index (χ4n) is 5.65. The van der Waals surface area contributed by atoms with Crippen molar-refractivity contribution < 1.29 is 18.3 Å². The summed E-state index contributed by atoms with van der Waals surface area (Å²) < 4.78 is 37.1. The van der Waals surface area contributed by atoms with Gasteiger partial charge < -0.3 is 20.7 Å². The number of nitrogens with one attached hydrogen (secondary N) is 1. The van der Waals surface area contributed by atoms with Gasteiger partial charge in [0, 0.05) is 61.8 Å². The summed E-state index contributed by atoms with van der Waals surface area (Å²) >= 11 is 1.38. The highest BCUT2D eigenvalue weighted by Crippen LogP contribution is 2.31. The molecule has 0 aliphatic carbocycles. The van der Waals surface area contributed by atoms with Gasteiger partial charge >= 0.3 is 5.69 Å². The number of hydrogen-bond acceptors (Lipinski definition) is 10. The molecule has 0 radical (unpaired) electrons. The maximum absolute atomic E-state index is 15.5. The lowest BCUT2D eigenvalue weighted by Crippen LogP contribution is -2.53. The number of nitrogens with zero attached hydrogens (tertiary/aromatic N) is 6. The van der Waals surface area contributed by atoms with Gasteiger partial charge in [-0.2, -0.15) is 0 Å². The number of halogens is 2. The highest BCUT2D eigenvalue weighted by molar-refractivity contribution is 7.09. The van der Waals surface area contributed by atoms with E-state index in [-0.39, 0.29) is 35.2 Å². The van der Waals surface area contributed by atoms with Gasteiger partial charge in [-0.1, -0.05) is 11.8 Å². The summed E-state index contributed by atoms with van der Waals surface area (Å²) in [6, 6.07) is 9.99. The van der Waals surface area contributed by atoms with Crippen molar-refractivity contribution in [3.05, 3.63) is 121 Å². The van der Waals surface area contributed by atoms with Crippen molar-refractivity contribution >= 4 is 28.7 Å². The summed E-state index contributed by atoms with van der Waals surface area (Å²) in [7, 11) is 2.08. The molecule has 3 aromatic heterocycles. The number of carbonyl (C=O) groups excluding carboxylic acids is 1. The topological polar surface area (TPSA) is 141 Å². The lowest BCUT2D eigenvalue weighted by Gasteiger charge is -2.40.